The Labute approximate surface area is 104 Å². The largest absolute Gasteiger partial charge is 0.395 e. The monoisotopic (exact) mass is 257 g/mol. The lowest BCUT2D eigenvalue weighted by molar-refractivity contribution is 0.160. The Morgan fingerprint density at radius 3 is 2.88 bits per heavy atom. The molecule has 0 fully saturated rings. The number of hydrogen-bond acceptors (Lipinski definition) is 4. The van der Waals surface area contributed by atoms with Gasteiger partial charge in [0.2, 0.25) is 0 Å². The lowest BCUT2D eigenvalue weighted by Crippen LogP contribution is -2.39. The van der Waals surface area contributed by atoms with E-state index in [9.17, 15) is 4.39 Å². The van der Waals surface area contributed by atoms with Crippen LogP contribution in [0.2, 0.25) is 0 Å². The molecule has 1 unspecified atom stereocenters. The normalized spacial score (nSPS) is 19.4. The Bertz CT molecular complexity index is 385. The molecule has 0 bridgehead atoms. The van der Waals surface area contributed by atoms with Gasteiger partial charge in [0.25, 0.3) is 0 Å². The van der Waals surface area contributed by atoms with Gasteiger partial charge in [0.1, 0.15) is 5.82 Å². The van der Waals surface area contributed by atoms with E-state index in [1.54, 1.807) is 6.07 Å². The predicted octanol–water partition coefficient (Wildman–Crippen LogP) is 1.31. The molecule has 1 aliphatic heterocycles. The Hall–Kier alpha value is -0.620. The molecule has 0 spiro atoms. The van der Waals surface area contributed by atoms with Crippen LogP contribution in [0.15, 0.2) is 23.1 Å². The molecule has 0 radical (unpaired) electrons. The number of fused-ring (bicyclic) bond motifs is 1. The first-order chi connectivity index (χ1) is 8.26. The smallest absolute Gasteiger partial charge is 0.137 e. The highest BCUT2D eigenvalue weighted by Gasteiger charge is 2.24. The van der Waals surface area contributed by atoms with Gasteiger partial charge < -0.3 is 15.5 Å². The van der Waals surface area contributed by atoms with Gasteiger partial charge in [-0.15, -0.1) is 11.8 Å². The van der Waals surface area contributed by atoms with E-state index in [1.165, 1.54) is 17.8 Å². The summed E-state index contributed by atoms with van der Waals surface area (Å²) in [4.78, 5) is 0.686. The second-order valence-electron chi connectivity index (χ2n) is 4.08. The van der Waals surface area contributed by atoms with E-state index in [4.69, 9.17) is 10.2 Å². The summed E-state index contributed by atoms with van der Waals surface area (Å²) < 4.78 is 13.6. The van der Waals surface area contributed by atoms with Crippen LogP contribution in [-0.4, -0.2) is 35.2 Å². The molecule has 1 aliphatic rings. The molecule has 1 aromatic carbocycles. The van der Waals surface area contributed by atoms with Crippen LogP contribution in [0.1, 0.15) is 18.0 Å². The summed E-state index contributed by atoms with van der Waals surface area (Å²) in [5.41, 5.74) is 0.924. The number of halogens is 1. The molecule has 0 aliphatic carbocycles. The van der Waals surface area contributed by atoms with E-state index in [0.717, 1.165) is 17.7 Å². The van der Waals surface area contributed by atoms with Crippen molar-refractivity contribution in [3.63, 3.8) is 0 Å². The molecule has 3 N–H and O–H groups in total. The average Bonchev–Trinajstić information content (AvgIpc) is 2.37. The van der Waals surface area contributed by atoms with Crippen molar-refractivity contribution in [2.45, 2.75) is 23.4 Å². The number of aliphatic hydroxyl groups excluding tert-OH is 2. The van der Waals surface area contributed by atoms with Gasteiger partial charge in [-0.3, -0.25) is 0 Å². The molecular weight excluding hydrogens is 241 g/mol. The first-order valence-electron chi connectivity index (χ1n) is 5.65. The molecule has 17 heavy (non-hydrogen) atoms. The Balaban J connectivity index is 2.20. The van der Waals surface area contributed by atoms with Crippen molar-refractivity contribution in [3.8, 4) is 0 Å². The maximum atomic E-state index is 13.6. The van der Waals surface area contributed by atoms with Crippen LogP contribution in [0.25, 0.3) is 0 Å². The topological polar surface area (TPSA) is 52.5 Å². The molecule has 0 aromatic heterocycles. The second kappa shape index (κ2) is 5.82. The zero-order chi connectivity index (χ0) is 12.3. The molecule has 1 aromatic rings. The summed E-state index contributed by atoms with van der Waals surface area (Å²) in [5, 5.41) is 21.3. The van der Waals surface area contributed by atoms with Gasteiger partial charge in [-0.05, 0) is 23.8 Å². The Morgan fingerprint density at radius 1 is 1.41 bits per heavy atom. The summed E-state index contributed by atoms with van der Waals surface area (Å²) in [6, 6.07) is 4.71. The Morgan fingerprint density at radius 2 is 2.18 bits per heavy atom. The quantitative estimate of drug-likeness (QED) is 0.761. The summed E-state index contributed by atoms with van der Waals surface area (Å²) in [6.45, 7) is -0.240. The van der Waals surface area contributed by atoms with Crippen molar-refractivity contribution in [2.75, 3.05) is 19.0 Å². The minimum Gasteiger partial charge on any atom is -0.395 e. The van der Waals surface area contributed by atoms with Gasteiger partial charge in [-0.25, -0.2) is 4.39 Å². The molecular formula is C12H16FNO2S. The number of benzene rings is 1. The van der Waals surface area contributed by atoms with Crippen molar-refractivity contribution in [2.24, 2.45) is 0 Å². The van der Waals surface area contributed by atoms with Crippen LogP contribution in [-0.2, 0) is 0 Å². The van der Waals surface area contributed by atoms with Crippen molar-refractivity contribution in [3.05, 3.63) is 29.6 Å². The fourth-order valence-electron chi connectivity index (χ4n) is 2.01. The van der Waals surface area contributed by atoms with Crippen LogP contribution in [0.4, 0.5) is 4.39 Å². The van der Waals surface area contributed by atoms with Crippen molar-refractivity contribution < 1.29 is 14.6 Å². The van der Waals surface area contributed by atoms with Gasteiger partial charge >= 0.3 is 0 Å². The molecule has 1 atom stereocenters. The maximum Gasteiger partial charge on any atom is 0.137 e. The lowest BCUT2D eigenvalue weighted by Gasteiger charge is -2.29. The summed E-state index contributed by atoms with van der Waals surface area (Å²) >= 11 is 1.52. The van der Waals surface area contributed by atoms with E-state index in [0.29, 0.717) is 4.90 Å². The van der Waals surface area contributed by atoms with Crippen LogP contribution < -0.4 is 5.32 Å². The van der Waals surface area contributed by atoms with Crippen molar-refractivity contribution in [1.29, 1.82) is 0 Å². The summed E-state index contributed by atoms with van der Waals surface area (Å²) in [5.74, 6) is 0.651. The van der Waals surface area contributed by atoms with Gasteiger partial charge in [0.05, 0.1) is 19.3 Å². The highest BCUT2D eigenvalue weighted by Crippen LogP contribution is 2.37. The van der Waals surface area contributed by atoms with Crippen LogP contribution in [0.5, 0.6) is 0 Å². The predicted molar refractivity (Wildman–Crippen MR) is 65.6 cm³/mol. The number of rotatable bonds is 4. The number of thioether (sulfide) groups is 1. The summed E-state index contributed by atoms with van der Waals surface area (Å²) in [7, 11) is 0. The SMILES string of the molecule is OCC(CO)NC1CCSc2c(F)cccc21. The third kappa shape index (κ3) is 2.80. The van der Waals surface area contributed by atoms with E-state index >= 15 is 0 Å². The number of hydrogen-bond donors (Lipinski definition) is 3. The third-order valence-corrected chi connectivity index (χ3v) is 4.06. The molecule has 1 heterocycles. The average molecular weight is 257 g/mol. The molecule has 0 saturated heterocycles. The van der Waals surface area contributed by atoms with Gasteiger partial charge in [-0.2, -0.15) is 0 Å². The summed E-state index contributed by atoms with van der Waals surface area (Å²) in [6.07, 6.45) is 0.873. The fraction of sp³-hybridized carbons (Fsp3) is 0.500. The van der Waals surface area contributed by atoms with Gasteiger partial charge in [0, 0.05) is 10.9 Å². The molecule has 5 heteroatoms. The fourth-order valence-corrected chi connectivity index (χ4v) is 3.15. The highest BCUT2D eigenvalue weighted by molar-refractivity contribution is 7.99. The molecule has 2 rings (SSSR count). The van der Waals surface area contributed by atoms with E-state index < -0.39 is 0 Å². The third-order valence-electron chi connectivity index (χ3n) is 2.90. The van der Waals surface area contributed by atoms with E-state index in [2.05, 4.69) is 5.32 Å². The number of aliphatic hydroxyl groups is 2. The first-order valence-corrected chi connectivity index (χ1v) is 6.63. The number of nitrogens with one attached hydrogen (secondary N) is 1. The Kier molecular flexibility index (Phi) is 4.39. The molecule has 0 amide bonds. The van der Waals surface area contributed by atoms with Crippen molar-refractivity contribution >= 4 is 11.8 Å². The van der Waals surface area contributed by atoms with Crippen LogP contribution >= 0.6 is 11.8 Å². The van der Waals surface area contributed by atoms with Crippen LogP contribution in [0, 0.1) is 5.82 Å². The lowest BCUT2D eigenvalue weighted by atomic mass is 10.0. The minimum absolute atomic E-state index is 0.00579. The molecule has 94 valence electrons. The molecule has 3 nitrogen and oxygen atoms in total. The first kappa shape index (κ1) is 12.8. The van der Waals surface area contributed by atoms with Gasteiger partial charge in [-0.1, -0.05) is 12.1 Å². The molecule has 0 saturated carbocycles. The second-order valence-corrected chi connectivity index (χ2v) is 5.18. The van der Waals surface area contributed by atoms with Crippen molar-refractivity contribution in [1.82, 2.24) is 5.32 Å². The van der Waals surface area contributed by atoms with E-state index in [-0.39, 0.29) is 31.1 Å². The van der Waals surface area contributed by atoms with Crippen LogP contribution in [0.3, 0.4) is 0 Å². The minimum atomic E-state index is -0.348. The zero-order valence-corrected chi connectivity index (χ0v) is 10.2. The maximum absolute atomic E-state index is 13.6. The highest BCUT2D eigenvalue weighted by atomic mass is 32.2. The van der Waals surface area contributed by atoms with E-state index in [1.807, 2.05) is 6.07 Å². The van der Waals surface area contributed by atoms with Gasteiger partial charge in [0.15, 0.2) is 0 Å². The standard InChI is InChI=1S/C12H16FNO2S/c13-10-3-1-2-9-11(4-5-17-12(9)10)14-8(6-15)7-16/h1-3,8,11,14-16H,4-7H2. The zero-order valence-electron chi connectivity index (χ0n) is 9.40.